The van der Waals surface area contributed by atoms with Crippen LogP contribution in [0.25, 0.3) is 32.9 Å². The first-order chi connectivity index (χ1) is 23.9. The average molecular weight is 697 g/mol. The Morgan fingerprint density at radius 3 is 2.50 bits per heavy atom. The molecule has 2 unspecified atom stereocenters. The van der Waals surface area contributed by atoms with Crippen LogP contribution in [0.3, 0.4) is 0 Å². The SMILES string of the molecule is C#Cc1c(F)ccc2cc(O)cc(-c3nc(OC)c4c(N5CC6CC(C(=O)C(F)(F)F)CC(C5)N6)nc(OC[C@@H]5CCCN5C)nc4c3F)c12. The molecule has 5 heterocycles. The number of piperazine rings is 1. The van der Waals surface area contributed by atoms with E-state index in [9.17, 15) is 27.5 Å². The normalized spacial score (nSPS) is 22.6. The fourth-order valence-corrected chi connectivity index (χ4v) is 7.57. The summed E-state index contributed by atoms with van der Waals surface area (Å²) >= 11 is 0. The number of halogens is 5. The number of likely N-dealkylation sites (tertiary alicyclic amines) is 1. The largest absolute Gasteiger partial charge is 0.508 e. The van der Waals surface area contributed by atoms with E-state index in [-0.39, 0.29) is 95.1 Å². The molecular formula is C35H33F5N6O4. The van der Waals surface area contributed by atoms with Gasteiger partial charge in [-0.2, -0.15) is 23.1 Å². The lowest BCUT2D eigenvalue weighted by Gasteiger charge is -2.45. The van der Waals surface area contributed by atoms with Gasteiger partial charge in [0, 0.05) is 48.1 Å². The van der Waals surface area contributed by atoms with Crippen molar-refractivity contribution in [3.05, 3.63) is 41.5 Å². The highest BCUT2D eigenvalue weighted by atomic mass is 19.4. The second kappa shape index (κ2) is 12.8. The first-order valence-electron chi connectivity index (χ1n) is 16.2. The second-order valence-electron chi connectivity index (χ2n) is 13.1. The molecule has 0 saturated carbocycles. The van der Waals surface area contributed by atoms with Crippen LogP contribution in [0.2, 0.25) is 0 Å². The first kappa shape index (κ1) is 33.7. The number of ketones is 1. The Morgan fingerprint density at radius 2 is 1.86 bits per heavy atom. The van der Waals surface area contributed by atoms with Crippen molar-refractivity contribution in [1.82, 2.24) is 25.2 Å². The van der Waals surface area contributed by atoms with E-state index in [2.05, 4.69) is 31.1 Å². The summed E-state index contributed by atoms with van der Waals surface area (Å²) in [5, 5.41) is 14.5. The minimum Gasteiger partial charge on any atom is -0.508 e. The predicted octanol–water partition coefficient (Wildman–Crippen LogP) is 4.98. The van der Waals surface area contributed by atoms with Gasteiger partial charge in [0.1, 0.15) is 40.6 Å². The van der Waals surface area contributed by atoms with Gasteiger partial charge in [-0.1, -0.05) is 12.0 Å². The molecule has 0 amide bonds. The molecule has 3 atom stereocenters. The van der Waals surface area contributed by atoms with Gasteiger partial charge in [-0.3, -0.25) is 4.79 Å². The van der Waals surface area contributed by atoms with Gasteiger partial charge < -0.3 is 29.7 Å². The van der Waals surface area contributed by atoms with Crippen LogP contribution in [-0.2, 0) is 4.79 Å². The summed E-state index contributed by atoms with van der Waals surface area (Å²) in [6, 6.07) is 4.09. The number of carbonyl (C=O) groups excluding carboxylic acids is 1. The van der Waals surface area contributed by atoms with Crippen molar-refractivity contribution in [2.75, 3.05) is 45.3 Å². The highest BCUT2D eigenvalue weighted by molar-refractivity contribution is 6.04. The number of hydrogen-bond acceptors (Lipinski definition) is 10. The number of anilines is 1. The first-order valence-corrected chi connectivity index (χ1v) is 16.2. The summed E-state index contributed by atoms with van der Waals surface area (Å²) in [6.07, 6.45) is 2.52. The van der Waals surface area contributed by atoms with Crippen molar-refractivity contribution in [2.45, 2.75) is 50.0 Å². The number of methoxy groups -OCH3 is 1. The number of pyridine rings is 1. The maximum atomic E-state index is 17.0. The minimum atomic E-state index is -4.93. The molecule has 0 aliphatic carbocycles. The van der Waals surface area contributed by atoms with Gasteiger partial charge in [0.2, 0.25) is 11.7 Å². The smallest absolute Gasteiger partial charge is 0.450 e. The Kier molecular flexibility index (Phi) is 8.63. The molecule has 0 radical (unpaired) electrons. The van der Waals surface area contributed by atoms with E-state index in [4.69, 9.17) is 15.9 Å². The van der Waals surface area contributed by atoms with Crippen molar-refractivity contribution in [1.29, 1.82) is 0 Å². The van der Waals surface area contributed by atoms with Gasteiger partial charge >= 0.3 is 12.2 Å². The zero-order chi connectivity index (χ0) is 35.5. The molecule has 3 saturated heterocycles. The summed E-state index contributed by atoms with van der Waals surface area (Å²) in [5.41, 5.74) is -0.720. The van der Waals surface area contributed by atoms with Crippen LogP contribution in [0.15, 0.2) is 24.3 Å². The molecule has 7 rings (SSSR count). The fourth-order valence-electron chi connectivity index (χ4n) is 7.57. The monoisotopic (exact) mass is 696 g/mol. The molecule has 3 aliphatic heterocycles. The Bertz CT molecular complexity index is 2040. The summed E-state index contributed by atoms with van der Waals surface area (Å²) in [5.74, 6) is -2.43. The van der Waals surface area contributed by atoms with Crippen molar-refractivity contribution in [2.24, 2.45) is 5.92 Å². The number of phenols is 1. The molecule has 2 aromatic heterocycles. The number of alkyl halides is 3. The summed E-state index contributed by atoms with van der Waals surface area (Å²) in [4.78, 5) is 29.7. The number of fused-ring (bicyclic) bond motifs is 4. The lowest BCUT2D eigenvalue weighted by Crippen LogP contribution is -2.62. The number of aromatic hydroxyl groups is 1. The molecule has 50 heavy (non-hydrogen) atoms. The van der Waals surface area contributed by atoms with Crippen LogP contribution in [-0.4, -0.2) is 95.4 Å². The zero-order valence-corrected chi connectivity index (χ0v) is 27.2. The lowest BCUT2D eigenvalue weighted by atomic mass is 9.82. The molecule has 3 aliphatic rings. The van der Waals surface area contributed by atoms with Gasteiger partial charge in [0.25, 0.3) is 0 Å². The number of piperidine rings is 1. The molecule has 2 aromatic carbocycles. The highest BCUT2D eigenvalue weighted by Gasteiger charge is 2.48. The van der Waals surface area contributed by atoms with Crippen LogP contribution in [0.5, 0.6) is 17.6 Å². The van der Waals surface area contributed by atoms with Gasteiger partial charge in [-0.25, -0.2) is 13.8 Å². The molecular weight excluding hydrogens is 663 g/mol. The van der Waals surface area contributed by atoms with Crippen LogP contribution in [0.4, 0.5) is 27.8 Å². The quantitative estimate of drug-likeness (QED) is 0.203. The van der Waals surface area contributed by atoms with E-state index >= 15 is 4.39 Å². The maximum absolute atomic E-state index is 17.0. The standard InChI is InChI=1S/C35H33F5N6O4/c1-4-23-25(36)8-7-17-12-22(47)13-24(26(17)23)29-28(37)30-27(33(42-29)49-3)32(44-34(43-30)50-16-21-6-5-9-45(21)2)46-14-19-10-18(11-20(15-46)41-19)31(48)35(38,39)40/h1,7-8,12-13,18-21,41,47H,5-6,9-11,14-16H2,2-3H3/t18?,19?,20?,21-/m0/s1. The van der Waals surface area contributed by atoms with Gasteiger partial charge in [-0.15, -0.1) is 6.42 Å². The van der Waals surface area contributed by atoms with E-state index in [1.165, 1.54) is 25.3 Å². The minimum absolute atomic E-state index is 0.00237. The van der Waals surface area contributed by atoms with E-state index < -0.39 is 41.6 Å². The number of aromatic nitrogens is 3. The third kappa shape index (κ3) is 6.00. The van der Waals surface area contributed by atoms with Crippen molar-refractivity contribution in [3.63, 3.8) is 0 Å². The van der Waals surface area contributed by atoms with E-state index in [0.717, 1.165) is 25.5 Å². The summed E-state index contributed by atoms with van der Waals surface area (Å²) in [6.45, 7) is 1.39. The number of terminal acetylenes is 1. The molecule has 2 bridgehead atoms. The molecule has 0 spiro atoms. The van der Waals surface area contributed by atoms with E-state index in [1.807, 2.05) is 7.05 Å². The molecule has 4 aromatic rings. The fraction of sp³-hybridized carbons (Fsp3) is 0.429. The Hall–Kier alpha value is -4.81. The Balaban J connectivity index is 1.38. The Labute approximate surface area is 283 Å². The number of Topliss-reactive ketones (excluding diaryl/α,β-unsaturated/α-hetero) is 1. The number of hydrogen-bond donors (Lipinski definition) is 2. The number of phenolic OH excluding ortho intramolecular Hbond substituents is 1. The topological polar surface area (TPSA) is 113 Å². The van der Waals surface area contributed by atoms with Crippen molar-refractivity contribution < 1.29 is 41.3 Å². The third-order valence-electron chi connectivity index (χ3n) is 9.87. The summed E-state index contributed by atoms with van der Waals surface area (Å²) in [7, 11) is 3.29. The van der Waals surface area contributed by atoms with Gasteiger partial charge in [0.05, 0.1) is 12.7 Å². The number of rotatable bonds is 7. The van der Waals surface area contributed by atoms with E-state index in [1.54, 1.807) is 4.90 Å². The predicted molar refractivity (Wildman–Crippen MR) is 174 cm³/mol. The van der Waals surface area contributed by atoms with Crippen molar-refractivity contribution in [3.8, 4) is 41.2 Å². The van der Waals surface area contributed by atoms with Crippen molar-refractivity contribution >= 4 is 33.3 Å². The third-order valence-corrected chi connectivity index (χ3v) is 9.87. The molecule has 262 valence electrons. The number of carbonyl (C=O) groups is 1. The average Bonchev–Trinajstić information content (AvgIpc) is 3.50. The van der Waals surface area contributed by atoms with Gasteiger partial charge in [0.15, 0.2) is 5.82 Å². The number of benzene rings is 2. The van der Waals surface area contributed by atoms with Crippen LogP contribution >= 0.6 is 0 Å². The summed E-state index contributed by atoms with van der Waals surface area (Å²) < 4.78 is 83.6. The van der Waals surface area contributed by atoms with Crippen LogP contribution in [0, 0.1) is 29.9 Å². The molecule has 3 fully saturated rings. The molecule has 15 heteroatoms. The molecule has 10 nitrogen and oxygen atoms in total. The number of likely N-dealkylation sites (N-methyl/N-ethyl adjacent to an activating group) is 1. The lowest BCUT2D eigenvalue weighted by molar-refractivity contribution is -0.177. The highest BCUT2D eigenvalue weighted by Crippen LogP contribution is 2.43. The van der Waals surface area contributed by atoms with E-state index in [0.29, 0.717) is 5.39 Å². The Morgan fingerprint density at radius 1 is 1.12 bits per heavy atom. The van der Waals surface area contributed by atoms with Crippen LogP contribution < -0.4 is 19.7 Å². The number of nitrogens with one attached hydrogen (secondary N) is 1. The number of nitrogens with zero attached hydrogens (tertiary/aromatic N) is 5. The number of ether oxygens (including phenoxy) is 2. The van der Waals surface area contributed by atoms with Crippen LogP contribution in [0.1, 0.15) is 31.2 Å². The molecule has 2 N–H and O–H groups in total. The maximum Gasteiger partial charge on any atom is 0.450 e. The second-order valence-corrected chi connectivity index (χ2v) is 13.1. The zero-order valence-electron chi connectivity index (χ0n) is 27.2. The van der Waals surface area contributed by atoms with Gasteiger partial charge in [-0.05, 0) is 62.9 Å².